The number of rotatable bonds is 11. The molecular weight excluding hydrogens is 611 g/mol. The summed E-state index contributed by atoms with van der Waals surface area (Å²) in [5.41, 5.74) is 0.0723. The molecule has 1 N–H and O–H groups in total. The van der Waals surface area contributed by atoms with Gasteiger partial charge in [-0.05, 0) is 48.4 Å². The number of benzene rings is 3. The second-order valence-electron chi connectivity index (χ2n) is 9.07. The third-order valence-corrected chi connectivity index (χ3v) is 7.70. The Morgan fingerprint density at radius 3 is 2.17 bits per heavy atom. The molecule has 3 aromatic rings. The van der Waals surface area contributed by atoms with Crippen molar-refractivity contribution in [3.05, 3.63) is 100 Å². The van der Waals surface area contributed by atoms with Crippen LogP contribution in [0.3, 0.4) is 0 Å². The molecule has 0 unspecified atom stereocenters. The van der Waals surface area contributed by atoms with Gasteiger partial charge in [-0.3, -0.25) is 13.9 Å². The number of carbonyl (C=O) groups excluding carboxylic acids is 2. The van der Waals surface area contributed by atoms with E-state index in [9.17, 15) is 31.2 Å². The first kappa shape index (κ1) is 31.2. The van der Waals surface area contributed by atoms with Crippen LogP contribution in [0.2, 0.25) is 0 Å². The summed E-state index contributed by atoms with van der Waals surface area (Å²) in [5, 5.41) is 2.74. The maximum atomic E-state index is 13.9. The molecule has 0 aliphatic rings. The van der Waals surface area contributed by atoms with Crippen molar-refractivity contribution >= 4 is 43.5 Å². The molecule has 2 amide bonds. The van der Waals surface area contributed by atoms with Gasteiger partial charge in [0.25, 0.3) is 0 Å². The van der Waals surface area contributed by atoms with Gasteiger partial charge in [0, 0.05) is 24.0 Å². The summed E-state index contributed by atoms with van der Waals surface area (Å²) in [6.45, 7) is 1.18. The van der Waals surface area contributed by atoms with E-state index in [-0.39, 0.29) is 18.7 Å². The SMILES string of the molecule is CCNC(=O)[C@H](Cc1ccccc1)N(Cc1ccc(Br)cc1)C(=O)CN(c1cccc(C(F)(F)F)c1)S(C)(=O)=O. The van der Waals surface area contributed by atoms with Crippen molar-refractivity contribution in [2.24, 2.45) is 0 Å². The maximum Gasteiger partial charge on any atom is 0.416 e. The van der Waals surface area contributed by atoms with Gasteiger partial charge in [0.05, 0.1) is 17.5 Å². The fourth-order valence-electron chi connectivity index (χ4n) is 4.08. The second kappa shape index (κ2) is 13.3. The van der Waals surface area contributed by atoms with Crippen molar-refractivity contribution in [1.29, 1.82) is 0 Å². The van der Waals surface area contributed by atoms with Crippen LogP contribution in [-0.4, -0.2) is 50.5 Å². The first-order chi connectivity index (χ1) is 18.8. The van der Waals surface area contributed by atoms with E-state index in [1.54, 1.807) is 55.5 Å². The van der Waals surface area contributed by atoms with E-state index < -0.39 is 46.2 Å². The Balaban J connectivity index is 2.06. The highest BCUT2D eigenvalue weighted by Crippen LogP contribution is 2.32. The molecule has 0 aliphatic heterocycles. The van der Waals surface area contributed by atoms with Gasteiger partial charge in [-0.25, -0.2) is 8.42 Å². The van der Waals surface area contributed by atoms with Crippen LogP contribution < -0.4 is 9.62 Å². The van der Waals surface area contributed by atoms with E-state index in [1.807, 2.05) is 6.07 Å². The van der Waals surface area contributed by atoms with Crippen LogP contribution in [-0.2, 0) is 38.8 Å². The summed E-state index contributed by atoms with van der Waals surface area (Å²) >= 11 is 3.36. The predicted molar refractivity (Wildman–Crippen MR) is 151 cm³/mol. The Labute approximate surface area is 240 Å². The van der Waals surface area contributed by atoms with Gasteiger partial charge in [-0.2, -0.15) is 13.2 Å². The zero-order chi connectivity index (χ0) is 29.5. The lowest BCUT2D eigenvalue weighted by molar-refractivity contribution is -0.140. The molecule has 0 saturated heterocycles. The summed E-state index contributed by atoms with van der Waals surface area (Å²) in [4.78, 5) is 28.4. The van der Waals surface area contributed by atoms with Gasteiger partial charge >= 0.3 is 6.18 Å². The van der Waals surface area contributed by atoms with Crippen molar-refractivity contribution in [2.45, 2.75) is 32.1 Å². The molecule has 40 heavy (non-hydrogen) atoms. The van der Waals surface area contributed by atoms with Crippen LogP contribution >= 0.6 is 15.9 Å². The number of carbonyl (C=O) groups is 2. The van der Waals surface area contributed by atoms with E-state index in [0.717, 1.165) is 28.4 Å². The number of halogens is 4. The Morgan fingerprint density at radius 1 is 0.950 bits per heavy atom. The van der Waals surface area contributed by atoms with Crippen LogP contribution in [0.15, 0.2) is 83.3 Å². The highest BCUT2D eigenvalue weighted by atomic mass is 79.9. The number of amides is 2. The van der Waals surface area contributed by atoms with Crippen molar-refractivity contribution in [1.82, 2.24) is 10.2 Å². The fraction of sp³-hybridized carbons (Fsp3) is 0.286. The minimum absolute atomic E-state index is 0.0407. The molecule has 3 aromatic carbocycles. The summed E-state index contributed by atoms with van der Waals surface area (Å²) < 4.78 is 67.0. The Morgan fingerprint density at radius 2 is 1.60 bits per heavy atom. The van der Waals surface area contributed by atoms with Gasteiger partial charge in [0.2, 0.25) is 21.8 Å². The zero-order valence-electron chi connectivity index (χ0n) is 21.9. The van der Waals surface area contributed by atoms with Gasteiger partial charge in [-0.1, -0.05) is 64.5 Å². The lowest BCUT2D eigenvalue weighted by Crippen LogP contribution is -2.53. The molecule has 214 valence electrons. The normalized spacial score (nSPS) is 12.4. The first-order valence-electron chi connectivity index (χ1n) is 12.3. The number of alkyl halides is 3. The van der Waals surface area contributed by atoms with Crippen LogP contribution in [0.1, 0.15) is 23.6 Å². The third kappa shape index (κ3) is 8.56. The summed E-state index contributed by atoms with van der Waals surface area (Å²) in [7, 11) is -4.19. The molecular formula is C28H29BrF3N3O4S. The minimum Gasteiger partial charge on any atom is -0.355 e. The number of likely N-dealkylation sites (N-methyl/N-ethyl adjacent to an activating group) is 1. The quantitative estimate of drug-likeness (QED) is 0.320. The summed E-state index contributed by atoms with van der Waals surface area (Å²) in [5.74, 6) is -1.19. The van der Waals surface area contributed by atoms with E-state index in [2.05, 4.69) is 21.2 Å². The van der Waals surface area contributed by atoms with Crippen LogP contribution in [0.4, 0.5) is 18.9 Å². The molecule has 3 rings (SSSR count). The number of nitrogens with one attached hydrogen (secondary N) is 1. The van der Waals surface area contributed by atoms with Gasteiger partial charge in [0.15, 0.2) is 0 Å². The zero-order valence-corrected chi connectivity index (χ0v) is 24.3. The summed E-state index contributed by atoms with van der Waals surface area (Å²) in [6, 6.07) is 18.8. The smallest absolute Gasteiger partial charge is 0.355 e. The molecule has 0 spiro atoms. The van der Waals surface area contributed by atoms with Crippen molar-refractivity contribution in [3.8, 4) is 0 Å². The molecule has 7 nitrogen and oxygen atoms in total. The lowest BCUT2D eigenvalue weighted by Gasteiger charge is -2.33. The topological polar surface area (TPSA) is 86.8 Å². The third-order valence-electron chi connectivity index (χ3n) is 6.03. The Bertz CT molecular complexity index is 1420. The molecule has 0 radical (unpaired) electrons. The molecule has 0 bridgehead atoms. The van der Waals surface area contributed by atoms with Crippen LogP contribution in [0.5, 0.6) is 0 Å². The average molecular weight is 641 g/mol. The maximum absolute atomic E-state index is 13.9. The summed E-state index contributed by atoms with van der Waals surface area (Å²) in [6.07, 6.45) is -3.77. The number of sulfonamides is 1. The molecule has 0 aliphatic carbocycles. The predicted octanol–water partition coefficient (Wildman–Crippen LogP) is 5.01. The molecule has 0 aromatic heterocycles. The van der Waals surface area contributed by atoms with E-state index in [0.29, 0.717) is 22.5 Å². The van der Waals surface area contributed by atoms with Crippen LogP contribution in [0, 0.1) is 0 Å². The lowest BCUT2D eigenvalue weighted by atomic mass is 10.0. The van der Waals surface area contributed by atoms with Gasteiger partial charge in [-0.15, -0.1) is 0 Å². The Hall–Kier alpha value is -3.38. The average Bonchev–Trinajstić information content (AvgIpc) is 2.90. The van der Waals surface area contributed by atoms with Crippen LogP contribution in [0.25, 0.3) is 0 Å². The van der Waals surface area contributed by atoms with E-state index in [4.69, 9.17) is 0 Å². The molecule has 0 saturated carbocycles. The molecule has 0 fully saturated rings. The van der Waals surface area contributed by atoms with E-state index >= 15 is 0 Å². The van der Waals surface area contributed by atoms with Gasteiger partial charge < -0.3 is 10.2 Å². The Kier molecular flexibility index (Phi) is 10.4. The molecule has 1 atom stereocenters. The number of anilines is 1. The minimum atomic E-state index is -4.71. The van der Waals surface area contributed by atoms with Gasteiger partial charge in [0.1, 0.15) is 12.6 Å². The monoisotopic (exact) mass is 639 g/mol. The largest absolute Gasteiger partial charge is 0.416 e. The van der Waals surface area contributed by atoms with Crippen molar-refractivity contribution in [2.75, 3.05) is 23.7 Å². The molecule has 0 heterocycles. The fourth-order valence-corrected chi connectivity index (χ4v) is 5.19. The highest BCUT2D eigenvalue weighted by Gasteiger charge is 2.34. The highest BCUT2D eigenvalue weighted by molar-refractivity contribution is 9.10. The van der Waals surface area contributed by atoms with Crippen molar-refractivity contribution < 1.29 is 31.2 Å². The number of hydrogen-bond acceptors (Lipinski definition) is 4. The first-order valence-corrected chi connectivity index (χ1v) is 14.9. The number of hydrogen-bond donors (Lipinski definition) is 1. The number of nitrogens with zero attached hydrogens (tertiary/aromatic N) is 2. The standard InChI is InChI=1S/C28H29BrF3N3O4S/c1-3-33-27(37)25(16-20-8-5-4-6-9-20)34(18-21-12-14-23(29)15-13-21)26(36)19-35(40(2,38)39)24-11-7-10-22(17-24)28(30,31)32/h4-15,17,25H,3,16,18-19H2,1-2H3,(H,33,37)/t25-/m0/s1. The van der Waals surface area contributed by atoms with Crippen molar-refractivity contribution in [3.63, 3.8) is 0 Å². The molecule has 12 heteroatoms. The second-order valence-corrected chi connectivity index (χ2v) is 11.9. The van der Waals surface area contributed by atoms with E-state index in [1.165, 1.54) is 11.0 Å².